The third kappa shape index (κ3) is 4.05. The van der Waals surface area contributed by atoms with Crippen LogP contribution in [0.3, 0.4) is 0 Å². The molecule has 2 saturated carbocycles. The first-order valence-electron chi connectivity index (χ1n) is 8.02. The lowest BCUT2D eigenvalue weighted by Gasteiger charge is -2.26. The topological polar surface area (TPSA) is 46.2 Å². The van der Waals surface area contributed by atoms with Crippen molar-refractivity contribution in [2.45, 2.75) is 77.2 Å². The number of nitrogens with one attached hydrogen (secondary N) is 1. The fourth-order valence-corrected chi connectivity index (χ4v) is 3.44. The van der Waals surface area contributed by atoms with Crippen molar-refractivity contribution >= 4 is 11.7 Å². The van der Waals surface area contributed by atoms with Gasteiger partial charge in [0.05, 0.1) is 5.92 Å². The zero-order valence-electron chi connectivity index (χ0n) is 12.1. The van der Waals surface area contributed by atoms with Gasteiger partial charge in [-0.05, 0) is 32.6 Å². The van der Waals surface area contributed by atoms with Gasteiger partial charge in [-0.3, -0.25) is 9.59 Å². The predicted molar refractivity (Wildman–Crippen MR) is 75.8 cm³/mol. The predicted octanol–water partition coefficient (Wildman–Crippen LogP) is 3.22. The molecule has 1 unspecified atom stereocenters. The van der Waals surface area contributed by atoms with Gasteiger partial charge in [0.1, 0.15) is 5.78 Å². The van der Waals surface area contributed by atoms with E-state index in [1.165, 1.54) is 25.7 Å². The van der Waals surface area contributed by atoms with E-state index in [0.717, 1.165) is 38.5 Å². The van der Waals surface area contributed by atoms with Crippen LogP contribution in [0, 0.1) is 11.8 Å². The largest absolute Gasteiger partial charge is 0.353 e. The van der Waals surface area contributed by atoms with Gasteiger partial charge in [-0.15, -0.1) is 0 Å². The van der Waals surface area contributed by atoms with Gasteiger partial charge in [-0.25, -0.2) is 0 Å². The van der Waals surface area contributed by atoms with Gasteiger partial charge >= 0.3 is 0 Å². The summed E-state index contributed by atoms with van der Waals surface area (Å²) >= 11 is 0. The molecule has 0 radical (unpaired) electrons. The summed E-state index contributed by atoms with van der Waals surface area (Å²) in [7, 11) is 0. The molecule has 108 valence electrons. The second-order valence-corrected chi connectivity index (χ2v) is 6.30. The molecule has 0 aromatic rings. The smallest absolute Gasteiger partial charge is 0.230 e. The molecule has 0 aliphatic heterocycles. The number of carbonyl (C=O) groups excluding carboxylic acids is 2. The summed E-state index contributed by atoms with van der Waals surface area (Å²) in [5.41, 5.74) is 0. The van der Waals surface area contributed by atoms with Crippen molar-refractivity contribution in [3.05, 3.63) is 0 Å². The molecule has 0 aromatic carbocycles. The van der Waals surface area contributed by atoms with E-state index in [-0.39, 0.29) is 17.6 Å². The van der Waals surface area contributed by atoms with E-state index in [4.69, 9.17) is 0 Å². The van der Waals surface area contributed by atoms with Crippen molar-refractivity contribution in [2.24, 2.45) is 11.8 Å². The molecule has 1 amide bonds. The number of amides is 1. The summed E-state index contributed by atoms with van der Waals surface area (Å²) in [6, 6.07) is 0.308. The molecule has 19 heavy (non-hydrogen) atoms. The Labute approximate surface area is 116 Å². The van der Waals surface area contributed by atoms with Gasteiger partial charge in [0, 0.05) is 12.0 Å². The number of Topliss-reactive ketones (excluding diaryl/α,β-unsaturated/α-hetero) is 1. The second-order valence-electron chi connectivity index (χ2n) is 6.30. The molecular weight excluding hydrogens is 238 g/mol. The number of hydrogen-bond donors (Lipinski definition) is 1. The first kappa shape index (κ1) is 14.5. The normalized spacial score (nSPS) is 23.8. The molecule has 2 aliphatic carbocycles. The van der Waals surface area contributed by atoms with Crippen LogP contribution in [0.15, 0.2) is 0 Å². The van der Waals surface area contributed by atoms with Gasteiger partial charge in [0.25, 0.3) is 0 Å². The number of rotatable bonds is 4. The summed E-state index contributed by atoms with van der Waals surface area (Å²) < 4.78 is 0. The van der Waals surface area contributed by atoms with Gasteiger partial charge in [-0.2, -0.15) is 0 Å². The Balaban J connectivity index is 1.81. The van der Waals surface area contributed by atoms with Gasteiger partial charge in [-0.1, -0.05) is 38.5 Å². The Morgan fingerprint density at radius 1 is 0.895 bits per heavy atom. The molecule has 0 saturated heterocycles. The van der Waals surface area contributed by atoms with E-state index in [2.05, 4.69) is 5.32 Å². The highest BCUT2D eigenvalue weighted by Gasteiger charge is 2.30. The van der Waals surface area contributed by atoms with Crippen LogP contribution in [0.5, 0.6) is 0 Å². The molecule has 2 rings (SSSR count). The average molecular weight is 265 g/mol. The minimum absolute atomic E-state index is 0.0394. The van der Waals surface area contributed by atoms with Crippen LogP contribution in [0.25, 0.3) is 0 Å². The zero-order chi connectivity index (χ0) is 13.7. The van der Waals surface area contributed by atoms with Crippen LogP contribution in [-0.4, -0.2) is 17.7 Å². The fraction of sp³-hybridized carbons (Fsp3) is 0.875. The molecule has 2 aliphatic rings. The number of carbonyl (C=O) groups is 2. The third-order valence-corrected chi connectivity index (χ3v) is 4.78. The fourth-order valence-electron chi connectivity index (χ4n) is 3.44. The average Bonchev–Trinajstić information content (AvgIpc) is 2.47. The lowest BCUT2D eigenvalue weighted by Crippen LogP contribution is -2.42. The van der Waals surface area contributed by atoms with Crippen LogP contribution >= 0.6 is 0 Å². The molecular formula is C16H27NO2. The van der Waals surface area contributed by atoms with E-state index in [0.29, 0.717) is 6.04 Å². The molecule has 1 N–H and O–H groups in total. The van der Waals surface area contributed by atoms with E-state index < -0.39 is 5.92 Å². The molecule has 0 bridgehead atoms. The highest BCUT2D eigenvalue weighted by Crippen LogP contribution is 2.27. The zero-order valence-corrected chi connectivity index (χ0v) is 12.1. The Morgan fingerprint density at radius 2 is 1.42 bits per heavy atom. The molecule has 1 atom stereocenters. The Kier molecular flexibility index (Phi) is 5.41. The van der Waals surface area contributed by atoms with Crippen molar-refractivity contribution in [3.63, 3.8) is 0 Å². The minimum atomic E-state index is -0.454. The molecule has 3 heteroatoms. The lowest BCUT2D eigenvalue weighted by molar-refractivity contribution is -0.136. The van der Waals surface area contributed by atoms with Gasteiger partial charge < -0.3 is 5.32 Å². The van der Waals surface area contributed by atoms with Crippen LogP contribution in [0.2, 0.25) is 0 Å². The SMILES string of the molecule is CC(C(=O)NC1CCCCC1)C(=O)C1CCCCC1. The standard InChI is InChI=1S/C16H27NO2/c1-12(15(18)13-8-4-2-5-9-13)16(19)17-14-10-6-3-7-11-14/h12-14H,2-11H2,1H3,(H,17,19). The monoisotopic (exact) mass is 265 g/mol. The van der Waals surface area contributed by atoms with Crippen molar-refractivity contribution in [2.75, 3.05) is 0 Å². The maximum atomic E-state index is 12.3. The summed E-state index contributed by atoms with van der Waals surface area (Å²) in [5.74, 6) is -0.179. The quantitative estimate of drug-likeness (QED) is 0.793. The Hall–Kier alpha value is -0.860. The number of hydrogen-bond acceptors (Lipinski definition) is 2. The van der Waals surface area contributed by atoms with Crippen molar-refractivity contribution in [1.82, 2.24) is 5.32 Å². The maximum absolute atomic E-state index is 12.3. The highest BCUT2D eigenvalue weighted by molar-refractivity contribution is 6.02. The first-order chi connectivity index (χ1) is 9.18. The summed E-state index contributed by atoms with van der Waals surface area (Å²) in [4.78, 5) is 24.5. The van der Waals surface area contributed by atoms with Gasteiger partial charge in [0.2, 0.25) is 5.91 Å². The molecule has 0 aromatic heterocycles. The van der Waals surface area contributed by atoms with Gasteiger partial charge in [0.15, 0.2) is 0 Å². The van der Waals surface area contributed by atoms with Crippen LogP contribution in [0.4, 0.5) is 0 Å². The first-order valence-corrected chi connectivity index (χ1v) is 8.02. The summed E-state index contributed by atoms with van der Waals surface area (Å²) in [5, 5.41) is 3.08. The van der Waals surface area contributed by atoms with Crippen molar-refractivity contribution < 1.29 is 9.59 Å². The van der Waals surface area contributed by atoms with E-state index >= 15 is 0 Å². The lowest BCUT2D eigenvalue weighted by atomic mass is 9.82. The maximum Gasteiger partial charge on any atom is 0.230 e. The highest BCUT2D eigenvalue weighted by atomic mass is 16.2. The Morgan fingerprint density at radius 3 is 2.00 bits per heavy atom. The van der Waals surface area contributed by atoms with Crippen LogP contribution < -0.4 is 5.32 Å². The second kappa shape index (κ2) is 7.06. The van der Waals surface area contributed by atoms with E-state index in [9.17, 15) is 9.59 Å². The number of ketones is 1. The molecule has 2 fully saturated rings. The summed E-state index contributed by atoms with van der Waals surface area (Å²) in [6.07, 6.45) is 11.4. The molecule has 0 heterocycles. The van der Waals surface area contributed by atoms with E-state index in [1.807, 2.05) is 0 Å². The molecule has 0 spiro atoms. The van der Waals surface area contributed by atoms with Crippen LogP contribution in [0.1, 0.15) is 71.1 Å². The Bertz CT molecular complexity index is 315. The van der Waals surface area contributed by atoms with E-state index in [1.54, 1.807) is 6.92 Å². The van der Waals surface area contributed by atoms with Crippen molar-refractivity contribution in [3.8, 4) is 0 Å². The summed E-state index contributed by atoms with van der Waals surface area (Å²) in [6.45, 7) is 1.79. The van der Waals surface area contributed by atoms with Crippen LogP contribution in [-0.2, 0) is 9.59 Å². The third-order valence-electron chi connectivity index (χ3n) is 4.78. The molecule has 3 nitrogen and oxygen atoms in total. The minimum Gasteiger partial charge on any atom is -0.353 e. The van der Waals surface area contributed by atoms with Crippen molar-refractivity contribution in [1.29, 1.82) is 0 Å².